The molecule has 0 aliphatic rings. The van der Waals surface area contributed by atoms with Crippen molar-refractivity contribution in [3.05, 3.63) is 35.9 Å². The van der Waals surface area contributed by atoms with Crippen molar-refractivity contribution < 1.29 is 4.43 Å². The van der Waals surface area contributed by atoms with Crippen molar-refractivity contribution in [1.82, 2.24) is 0 Å². The molecule has 1 aromatic carbocycles. The Kier molecular flexibility index (Phi) is 4.91. The summed E-state index contributed by atoms with van der Waals surface area (Å²) in [5.41, 5.74) is 1.30. The van der Waals surface area contributed by atoms with Gasteiger partial charge in [-0.2, -0.15) is 0 Å². The van der Waals surface area contributed by atoms with Gasteiger partial charge in [-0.1, -0.05) is 44.2 Å². The van der Waals surface area contributed by atoms with Crippen LogP contribution in [0.4, 0.5) is 0 Å². The number of rotatable bonds is 5. The molecule has 0 N–H and O–H groups in total. The Morgan fingerprint density at radius 2 is 1.71 bits per heavy atom. The van der Waals surface area contributed by atoms with Crippen molar-refractivity contribution in [2.45, 2.75) is 39.0 Å². The average molecular weight is 208 g/mol. The van der Waals surface area contributed by atoms with Crippen molar-refractivity contribution in [2.24, 2.45) is 0 Å². The van der Waals surface area contributed by atoms with E-state index in [0.717, 1.165) is 0 Å². The van der Waals surface area contributed by atoms with Crippen molar-refractivity contribution in [2.75, 3.05) is 0 Å². The third kappa shape index (κ3) is 3.27. The zero-order valence-electron chi connectivity index (χ0n) is 9.36. The highest BCUT2D eigenvalue weighted by Crippen LogP contribution is 2.18. The number of hydrogen-bond donors (Lipinski definition) is 0. The normalized spacial score (nSPS) is 13.1. The van der Waals surface area contributed by atoms with E-state index in [4.69, 9.17) is 4.43 Å². The van der Waals surface area contributed by atoms with Crippen LogP contribution >= 0.6 is 0 Å². The standard InChI is InChI=1S/C12H20OSi/c1-4-14(5-2)13-11(3)12-9-7-6-8-10-12/h6-11,14H,4-5H2,1-3H3. The van der Waals surface area contributed by atoms with Crippen molar-refractivity contribution in [1.29, 1.82) is 0 Å². The fourth-order valence-corrected chi connectivity index (χ4v) is 3.27. The molecule has 0 radical (unpaired) electrons. The maximum absolute atomic E-state index is 6.07. The first-order valence-electron chi connectivity index (χ1n) is 5.48. The van der Waals surface area contributed by atoms with Gasteiger partial charge in [0.15, 0.2) is 9.04 Å². The Hall–Kier alpha value is -0.603. The summed E-state index contributed by atoms with van der Waals surface area (Å²) < 4.78 is 6.07. The molecular formula is C12H20OSi. The van der Waals surface area contributed by atoms with Gasteiger partial charge in [-0.15, -0.1) is 0 Å². The Morgan fingerprint density at radius 3 is 2.21 bits per heavy atom. The van der Waals surface area contributed by atoms with Gasteiger partial charge < -0.3 is 4.43 Å². The molecule has 14 heavy (non-hydrogen) atoms. The van der Waals surface area contributed by atoms with Gasteiger partial charge in [0.1, 0.15) is 0 Å². The zero-order chi connectivity index (χ0) is 10.4. The molecule has 2 heteroatoms. The maximum atomic E-state index is 6.07. The van der Waals surface area contributed by atoms with Crippen molar-refractivity contribution in [3.63, 3.8) is 0 Å². The highest BCUT2D eigenvalue weighted by molar-refractivity contribution is 6.51. The van der Waals surface area contributed by atoms with Crippen LogP contribution in [0.1, 0.15) is 32.4 Å². The van der Waals surface area contributed by atoms with Crippen molar-refractivity contribution >= 4 is 9.04 Å². The molecule has 1 aromatic rings. The zero-order valence-corrected chi connectivity index (χ0v) is 10.5. The van der Waals surface area contributed by atoms with Gasteiger partial charge in [0.05, 0.1) is 6.10 Å². The van der Waals surface area contributed by atoms with E-state index < -0.39 is 9.04 Å². The fourth-order valence-electron chi connectivity index (χ4n) is 1.57. The Balaban J connectivity index is 2.54. The minimum Gasteiger partial charge on any atom is -0.413 e. The van der Waals surface area contributed by atoms with E-state index in [1.54, 1.807) is 0 Å². The SMILES string of the molecule is CC[SiH](CC)OC(C)c1ccccc1. The predicted octanol–water partition coefficient (Wildman–Crippen LogP) is 3.53. The van der Waals surface area contributed by atoms with Crippen LogP contribution in [0.5, 0.6) is 0 Å². The maximum Gasteiger partial charge on any atom is 0.177 e. The minimum absolute atomic E-state index is 0.271. The first-order chi connectivity index (χ1) is 6.77. The number of hydrogen-bond acceptors (Lipinski definition) is 1. The number of benzene rings is 1. The lowest BCUT2D eigenvalue weighted by molar-refractivity contribution is 0.226. The van der Waals surface area contributed by atoms with Gasteiger partial charge in [-0.05, 0) is 24.6 Å². The van der Waals surface area contributed by atoms with Crippen LogP contribution in [0, 0.1) is 0 Å². The molecule has 0 aromatic heterocycles. The minimum atomic E-state index is -0.920. The molecule has 0 saturated heterocycles. The summed E-state index contributed by atoms with van der Waals surface area (Å²) >= 11 is 0. The predicted molar refractivity (Wildman–Crippen MR) is 64.1 cm³/mol. The van der Waals surface area contributed by atoms with Crippen molar-refractivity contribution in [3.8, 4) is 0 Å². The Bertz CT molecular complexity index is 244. The largest absolute Gasteiger partial charge is 0.413 e. The molecule has 1 atom stereocenters. The molecule has 0 saturated carbocycles. The molecule has 0 amide bonds. The lowest BCUT2D eigenvalue weighted by atomic mass is 10.1. The van der Waals surface area contributed by atoms with Gasteiger partial charge in [0, 0.05) is 0 Å². The molecule has 1 unspecified atom stereocenters. The van der Waals surface area contributed by atoms with E-state index >= 15 is 0 Å². The second-order valence-corrected chi connectivity index (χ2v) is 6.78. The van der Waals surface area contributed by atoms with Gasteiger partial charge in [-0.3, -0.25) is 0 Å². The molecular weight excluding hydrogens is 188 g/mol. The summed E-state index contributed by atoms with van der Waals surface area (Å²) in [5, 5.41) is 0. The molecule has 0 heterocycles. The summed E-state index contributed by atoms with van der Waals surface area (Å²) in [7, 11) is -0.920. The fraction of sp³-hybridized carbons (Fsp3) is 0.500. The van der Waals surface area contributed by atoms with Crippen LogP contribution in [0.2, 0.25) is 12.1 Å². The topological polar surface area (TPSA) is 9.23 Å². The molecule has 78 valence electrons. The van der Waals surface area contributed by atoms with Gasteiger partial charge in [-0.25, -0.2) is 0 Å². The monoisotopic (exact) mass is 208 g/mol. The van der Waals surface area contributed by atoms with Gasteiger partial charge in [0.2, 0.25) is 0 Å². The Morgan fingerprint density at radius 1 is 1.14 bits per heavy atom. The summed E-state index contributed by atoms with van der Waals surface area (Å²) in [5.74, 6) is 0. The summed E-state index contributed by atoms with van der Waals surface area (Å²) in [6.45, 7) is 6.62. The molecule has 1 rings (SSSR count). The van der Waals surface area contributed by atoms with E-state index in [0.29, 0.717) is 0 Å². The van der Waals surface area contributed by atoms with Gasteiger partial charge >= 0.3 is 0 Å². The van der Waals surface area contributed by atoms with E-state index in [-0.39, 0.29) is 6.10 Å². The van der Waals surface area contributed by atoms with E-state index in [1.165, 1.54) is 17.7 Å². The molecule has 0 aliphatic carbocycles. The first-order valence-corrected chi connectivity index (χ1v) is 7.58. The van der Waals surface area contributed by atoms with E-state index in [1.807, 2.05) is 6.07 Å². The lowest BCUT2D eigenvalue weighted by Gasteiger charge is -2.19. The molecule has 0 bridgehead atoms. The molecule has 1 nitrogen and oxygen atoms in total. The van der Waals surface area contributed by atoms with Crippen LogP contribution in [0.25, 0.3) is 0 Å². The quantitative estimate of drug-likeness (QED) is 0.673. The molecule has 0 spiro atoms. The molecule has 0 fully saturated rings. The third-order valence-electron chi connectivity index (χ3n) is 2.58. The summed E-state index contributed by atoms with van der Waals surface area (Å²) in [4.78, 5) is 0. The van der Waals surface area contributed by atoms with E-state index in [9.17, 15) is 0 Å². The highest BCUT2D eigenvalue weighted by atomic mass is 28.3. The summed E-state index contributed by atoms with van der Waals surface area (Å²) in [6, 6.07) is 12.9. The lowest BCUT2D eigenvalue weighted by Crippen LogP contribution is -2.17. The smallest absolute Gasteiger partial charge is 0.177 e. The second kappa shape index (κ2) is 5.99. The first kappa shape index (κ1) is 11.5. The summed E-state index contributed by atoms with van der Waals surface area (Å²) in [6.07, 6.45) is 0.271. The van der Waals surface area contributed by atoms with Crippen LogP contribution in [0.3, 0.4) is 0 Å². The van der Waals surface area contributed by atoms with Crippen LogP contribution in [0.15, 0.2) is 30.3 Å². The second-order valence-electron chi connectivity index (χ2n) is 3.63. The van der Waals surface area contributed by atoms with E-state index in [2.05, 4.69) is 45.0 Å². The third-order valence-corrected chi connectivity index (χ3v) is 5.19. The Labute approximate surface area is 88.8 Å². The van der Waals surface area contributed by atoms with Crippen LogP contribution < -0.4 is 0 Å². The van der Waals surface area contributed by atoms with Crippen LogP contribution in [-0.4, -0.2) is 9.04 Å². The molecule has 0 aliphatic heterocycles. The highest BCUT2D eigenvalue weighted by Gasteiger charge is 2.12. The van der Waals surface area contributed by atoms with Crippen LogP contribution in [-0.2, 0) is 4.43 Å². The van der Waals surface area contributed by atoms with Gasteiger partial charge in [0.25, 0.3) is 0 Å². The average Bonchev–Trinajstić information content (AvgIpc) is 2.26.